The van der Waals surface area contributed by atoms with Crippen LogP contribution in [0, 0.1) is 0 Å². The Balaban J connectivity index is 1.57. The van der Waals surface area contributed by atoms with Gasteiger partial charge >= 0.3 is 0 Å². The van der Waals surface area contributed by atoms with Crippen LogP contribution in [0.25, 0.3) is 0 Å². The molecule has 1 aliphatic carbocycles. The van der Waals surface area contributed by atoms with Gasteiger partial charge < -0.3 is 20.3 Å². The molecule has 0 bridgehead atoms. The highest BCUT2D eigenvalue weighted by atomic mass is 16.5. The Labute approximate surface area is 179 Å². The Morgan fingerprint density at radius 2 is 2.13 bits per heavy atom. The molecule has 1 aromatic heterocycles. The number of aryl methyl sites for hydroxylation is 1. The van der Waals surface area contributed by atoms with E-state index in [0.717, 1.165) is 51.6 Å². The topological polar surface area (TPSA) is 62.3 Å². The van der Waals surface area contributed by atoms with Crippen molar-refractivity contribution in [1.82, 2.24) is 20.6 Å². The summed E-state index contributed by atoms with van der Waals surface area (Å²) >= 11 is 0. The SMILES string of the molecule is COCCNCc1cccc2c1C1(CCNCC1)CN2c1ncnc2c1C(C)CC2. The molecule has 2 N–H and O–H groups in total. The molecule has 2 aliphatic heterocycles. The maximum atomic E-state index is 5.22. The van der Waals surface area contributed by atoms with Crippen molar-refractivity contribution in [3.8, 4) is 0 Å². The van der Waals surface area contributed by atoms with E-state index in [-0.39, 0.29) is 5.41 Å². The first-order valence-electron chi connectivity index (χ1n) is 11.4. The third kappa shape index (κ3) is 3.31. The first kappa shape index (κ1) is 19.9. The molecule has 6 heteroatoms. The second-order valence-corrected chi connectivity index (χ2v) is 9.09. The van der Waals surface area contributed by atoms with Crippen molar-refractivity contribution in [2.24, 2.45) is 0 Å². The maximum absolute atomic E-state index is 5.22. The zero-order chi connectivity index (χ0) is 20.6. The number of nitrogens with zero attached hydrogens (tertiary/aromatic N) is 3. The summed E-state index contributed by atoms with van der Waals surface area (Å²) in [6, 6.07) is 6.82. The van der Waals surface area contributed by atoms with E-state index in [0.29, 0.717) is 5.92 Å². The van der Waals surface area contributed by atoms with Crippen LogP contribution in [0.15, 0.2) is 24.5 Å². The van der Waals surface area contributed by atoms with Crippen LogP contribution in [-0.4, -0.2) is 49.9 Å². The number of anilines is 2. The van der Waals surface area contributed by atoms with E-state index >= 15 is 0 Å². The van der Waals surface area contributed by atoms with Crippen molar-refractivity contribution in [2.75, 3.05) is 44.8 Å². The highest BCUT2D eigenvalue weighted by molar-refractivity contribution is 5.75. The predicted molar refractivity (Wildman–Crippen MR) is 120 cm³/mol. The zero-order valence-electron chi connectivity index (χ0n) is 18.2. The summed E-state index contributed by atoms with van der Waals surface area (Å²) in [7, 11) is 1.75. The van der Waals surface area contributed by atoms with Crippen LogP contribution in [0.2, 0.25) is 0 Å². The quantitative estimate of drug-likeness (QED) is 0.718. The van der Waals surface area contributed by atoms with E-state index in [1.165, 1.54) is 47.3 Å². The molecule has 0 radical (unpaired) electrons. The van der Waals surface area contributed by atoms with Crippen LogP contribution < -0.4 is 15.5 Å². The smallest absolute Gasteiger partial charge is 0.140 e. The minimum Gasteiger partial charge on any atom is -0.383 e. The molecular weight excluding hydrogens is 374 g/mol. The molecule has 2 aromatic rings. The van der Waals surface area contributed by atoms with Crippen molar-refractivity contribution in [3.05, 3.63) is 46.9 Å². The lowest BCUT2D eigenvalue weighted by Crippen LogP contribution is -2.43. The fourth-order valence-electron chi connectivity index (χ4n) is 5.78. The molecule has 1 unspecified atom stereocenters. The van der Waals surface area contributed by atoms with Crippen LogP contribution in [0.4, 0.5) is 11.5 Å². The third-order valence-electron chi connectivity index (χ3n) is 7.28. The molecule has 3 aliphatic rings. The molecule has 1 atom stereocenters. The van der Waals surface area contributed by atoms with Crippen molar-refractivity contribution in [1.29, 1.82) is 0 Å². The van der Waals surface area contributed by atoms with E-state index < -0.39 is 0 Å². The highest BCUT2D eigenvalue weighted by Crippen LogP contribution is 2.51. The van der Waals surface area contributed by atoms with E-state index in [9.17, 15) is 0 Å². The number of piperidine rings is 1. The van der Waals surface area contributed by atoms with Gasteiger partial charge in [0, 0.05) is 49.1 Å². The zero-order valence-corrected chi connectivity index (χ0v) is 18.2. The van der Waals surface area contributed by atoms with E-state index in [4.69, 9.17) is 9.72 Å². The minimum atomic E-state index is 0.194. The highest BCUT2D eigenvalue weighted by Gasteiger charge is 2.46. The van der Waals surface area contributed by atoms with E-state index in [2.05, 4.69) is 45.6 Å². The van der Waals surface area contributed by atoms with Gasteiger partial charge in [0.05, 0.1) is 6.61 Å². The number of hydrogen-bond acceptors (Lipinski definition) is 6. The fraction of sp³-hybridized carbons (Fsp3) is 0.583. The van der Waals surface area contributed by atoms with Gasteiger partial charge in [-0.3, -0.25) is 0 Å². The fourth-order valence-corrected chi connectivity index (χ4v) is 5.78. The second kappa shape index (κ2) is 8.25. The lowest BCUT2D eigenvalue weighted by molar-refractivity contribution is 0.199. The summed E-state index contributed by atoms with van der Waals surface area (Å²) in [6.07, 6.45) is 6.38. The summed E-state index contributed by atoms with van der Waals surface area (Å²) in [4.78, 5) is 12.0. The van der Waals surface area contributed by atoms with Gasteiger partial charge in [-0.25, -0.2) is 9.97 Å². The van der Waals surface area contributed by atoms with Crippen molar-refractivity contribution in [2.45, 2.75) is 50.5 Å². The second-order valence-electron chi connectivity index (χ2n) is 9.09. The maximum Gasteiger partial charge on any atom is 0.140 e. The van der Waals surface area contributed by atoms with Gasteiger partial charge in [0.1, 0.15) is 12.1 Å². The molecule has 1 spiro atoms. The molecule has 6 nitrogen and oxygen atoms in total. The number of fused-ring (bicyclic) bond motifs is 3. The Hall–Kier alpha value is -2.02. The van der Waals surface area contributed by atoms with Gasteiger partial charge in [-0.05, 0) is 61.9 Å². The van der Waals surface area contributed by atoms with Gasteiger partial charge in [-0.1, -0.05) is 19.1 Å². The summed E-state index contributed by atoms with van der Waals surface area (Å²) in [6.45, 7) is 8.00. The molecule has 30 heavy (non-hydrogen) atoms. The van der Waals surface area contributed by atoms with Gasteiger partial charge in [-0.15, -0.1) is 0 Å². The molecule has 3 heterocycles. The standard InChI is InChI=1S/C24H33N5O/c1-17-6-7-19-21(17)23(28-16-27-19)29-15-24(8-10-25-11-9-24)22-18(4-3-5-20(22)29)14-26-12-13-30-2/h3-5,16-17,25-26H,6-15H2,1-2H3. The monoisotopic (exact) mass is 407 g/mol. The molecule has 0 saturated carbocycles. The van der Waals surface area contributed by atoms with Gasteiger partial charge in [0.15, 0.2) is 0 Å². The Morgan fingerprint density at radius 3 is 2.97 bits per heavy atom. The molecule has 1 saturated heterocycles. The lowest BCUT2D eigenvalue weighted by Gasteiger charge is -2.36. The van der Waals surface area contributed by atoms with E-state index in [1.54, 1.807) is 13.4 Å². The molecule has 160 valence electrons. The number of nitrogens with one attached hydrogen (secondary N) is 2. The predicted octanol–water partition coefficient (Wildman–Crippen LogP) is 3.04. The summed E-state index contributed by atoms with van der Waals surface area (Å²) in [5, 5.41) is 7.15. The molecule has 1 fully saturated rings. The number of ether oxygens (including phenoxy) is 1. The van der Waals surface area contributed by atoms with Crippen LogP contribution in [0.5, 0.6) is 0 Å². The molecule has 5 rings (SSSR count). The van der Waals surface area contributed by atoms with Crippen molar-refractivity contribution >= 4 is 11.5 Å². The molecule has 1 aromatic carbocycles. The largest absolute Gasteiger partial charge is 0.383 e. The summed E-state index contributed by atoms with van der Waals surface area (Å²) < 4.78 is 5.22. The number of methoxy groups -OCH3 is 1. The third-order valence-corrected chi connectivity index (χ3v) is 7.28. The first-order chi connectivity index (χ1) is 14.7. The van der Waals surface area contributed by atoms with Gasteiger partial charge in [-0.2, -0.15) is 0 Å². The first-order valence-corrected chi connectivity index (χ1v) is 11.4. The van der Waals surface area contributed by atoms with Crippen LogP contribution >= 0.6 is 0 Å². The summed E-state index contributed by atoms with van der Waals surface area (Å²) in [5.41, 5.74) is 7.12. The van der Waals surface area contributed by atoms with Crippen molar-refractivity contribution < 1.29 is 4.74 Å². The average Bonchev–Trinajstić information content (AvgIpc) is 3.31. The summed E-state index contributed by atoms with van der Waals surface area (Å²) in [5.74, 6) is 1.68. The number of aromatic nitrogens is 2. The van der Waals surface area contributed by atoms with Crippen LogP contribution in [0.3, 0.4) is 0 Å². The lowest BCUT2D eigenvalue weighted by atomic mass is 9.73. The van der Waals surface area contributed by atoms with Gasteiger partial charge in [0.25, 0.3) is 0 Å². The van der Waals surface area contributed by atoms with Crippen molar-refractivity contribution in [3.63, 3.8) is 0 Å². The minimum absolute atomic E-state index is 0.194. The Bertz CT molecular complexity index is 908. The number of rotatable bonds is 6. The van der Waals surface area contributed by atoms with Gasteiger partial charge in [0.2, 0.25) is 0 Å². The molecule has 0 amide bonds. The number of benzene rings is 1. The van der Waals surface area contributed by atoms with Crippen LogP contribution in [-0.2, 0) is 23.1 Å². The number of hydrogen-bond donors (Lipinski definition) is 2. The Kier molecular flexibility index (Phi) is 5.48. The molecular formula is C24H33N5O. The van der Waals surface area contributed by atoms with E-state index in [1.807, 2.05) is 0 Å². The average molecular weight is 408 g/mol. The van der Waals surface area contributed by atoms with Crippen LogP contribution in [0.1, 0.15) is 54.5 Å². The normalized spacial score (nSPS) is 21.8. The Morgan fingerprint density at radius 1 is 1.27 bits per heavy atom.